The largest absolute Gasteiger partial charge is 0.455 e. The Morgan fingerprint density at radius 1 is 1.06 bits per heavy atom. The van der Waals surface area contributed by atoms with Crippen LogP contribution in [0.15, 0.2) is 36.4 Å². The van der Waals surface area contributed by atoms with Gasteiger partial charge >= 0.3 is 0 Å². The van der Waals surface area contributed by atoms with Gasteiger partial charge in [0.1, 0.15) is 11.5 Å². The highest BCUT2D eigenvalue weighted by molar-refractivity contribution is 5.43. The molecular weight excluding hydrogens is 210 g/mol. The molecule has 0 N–H and O–H groups in total. The van der Waals surface area contributed by atoms with Crippen molar-refractivity contribution in [1.82, 2.24) is 4.98 Å². The summed E-state index contributed by atoms with van der Waals surface area (Å²) in [4.78, 5) is 4.65. The SMILES string of the molecule is CCc1ccc2c(n1)CCc1ccccc1O2. The van der Waals surface area contributed by atoms with Gasteiger partial charge in [0.25, 0.3) is 0 Å². The molecule has 3 rings (SSSR count). The summed E-state index contributed by atoms with van der Waals surface area (Å²) in [6.45, 7) is 2.13. The number of rotatable bonds is 1. The van der Waals surface area contributed by atoms with E-state index in [-0.39, 0.29) is 0 Å². The van der Waals surface area contributed by atoms with Crippen molar-refractivity contribution in [3.63, 3.8) is 0 Å². The van der Waals surface area contributed by atoms with Crippen LogP contribution in [-0.4, -0.2) is 4.98 Å². The number of hydrogen-bond acceptors (Lipinski definition) is 2. The van der Waals surface area contributed by atoms with Crippen LogP contribution in [0.25, 0.3) is 0 Å². The Morgan fingerprint density at radius 2 is 1.94 bits per heavy atom. The summed E-state index contributed by atoms with van der Waals surface area (Å²) in [6.07, 6.45) is 2.93. The van der Waals surface area contributed by atoms with E-state index in [0.717, 1.165) is 42.1 Å². The van der Waals surface area contributed by atoms with E-state index in [1.807, 2.05) is 24.3 Å². The summed E-state index contributed by atoms with van der Waals surface area (Å²) < 4.78 is 5.94. The van der Waals surface area contributed by atoms with Gasteiger partial charge in [-0.05, 0) is 43.0 Å². The molecule has 0 radical (unpaired) electrons. The van der Waals surface area contributed by atoms with Gasteiger partial charge in [0.05, 0.1) is 5.69 Å². The molecule has 2 nitrogen and oxygen atoms in total. The van der Waals surface area contributed by atoms with Crippen LogP contribution >= 0.6 is 0 Å². The summed E-state index contributed by atoms with van der Waals surface area (Å²) in [6, 6.07) is 12.3. The number of para-hydroxylation sites is 1. The van der Waals surface area contributed by atoms with Gasteiger partial charge in [-0.1, -0.05) is 25.1 Å². The van der Waals surface area contributed by atoms with E-state index >= 15 is 0 Å². The molecule has 2 heterocycles. The fraction of sp³-hybridized carbons (Fsp3) is 0.267. The van der Waals surface area contributed by atoms with E-state index < -0.39 is 0 Å². The number of hydrogen-bond donors (Lipinski definition) is 0. The van der Waals surface area contributed by atoms with Crippen LogP contribution in [0.5, 0.6) is 11.5 Å². The van der Waals surface area contributed by atoms with Crippen molar-refractivity contribution in [2.45, 2.75) is 26.2 Å². The zero-order valence-corrected chi connectivity index (χ0v) is 9.94. The highest BCUT2D eigenvalue weighted by Crippen LogP contribution is 2.32. The number of aryl methyl sites for hydroxylation is 3. The average Bonchev–Trinajstić information content (AvgIpc) is 2.57. The summed E-state index contributed by atoms with van der Waals surface area (Å²) in [5, 5.41) is 0. The Bertz CT molecular complexity index is 548. The van der Waals surface area contributed by atoms with Crippen LogP contribution in [0.2, 0.25) is 0 Å². The molecule has 0 atom stereocenters. The number of ether oxygens (including phenoxy) is 1. The number of benzene rings is 1. The van der Waals surface area contributed by atoms with Crippen molar-refractivity contribution in [3.8, 4) is 11.5 Å². The fourth-order valence-corrected chi connectivity index (χ4v) is 2.18. The van der Waals surface area contributed by atoms with Crippen LogP contribution in [0, 0.1) is 0 Å². The first kappa shape index (κ1) is 10.3. The molecule has 0 unspecified atom stereocenters. The van der Waals surface area contributed by atoms with Gasteiger partial charge in [0, 0.05) is 5.69 Å². The molecule has 1 aromatic carbocycles. The minimum absolute atomic E-state index is 0.909. The van der Waals surface area contributed by atoms with Gasteiger partial charge in [-0.25, -0.2) is 0 Å². The lowest BCUT2D eigenvalue weighted by Gasteiger charge is -2.08. The maximum absolute atomic E-state index is 5.94. The quantitative estimate of drug-likeness (QED) is 0.740. The lowest BCUT2D eigenvalue weighted by Crippen LogP contribution is -1.96. The Kier molecular flexibility index (Phi) is 2.56. The highest BCUT2D eigenvalue weighted by Gasteiger charge is 2.15. The molecule has 1 aliphatic heterocycles. The molecule has 17 heavy (non-hydrogen) atoms. The third-order valence-electron chi connectivity index (χ3n) is 3.18. The van der Waals surface area contributed by atoms with Crippen molar-refractivity contribution in [3.05, 3.63) is 53.3 Å². The van der Waals surface area contributed by atoms with Gasteiger partial charge in [0.2, 0.25) is 0 Å². The van der Waals surface area contributed by atoms with Gasteiger partial charge in [0.15, 0.2) is 0 Å². The summed E-state index contributed by atoms with van der Waals surface area (Å²) in [5.74, 6) is 1.88. The minimum Gasteiger partial charge on any atom is -0.455 e. The number of nitrogens with zero attached hydrogens (tertiary/aromatic N) is 1. The van der Waals surface area contributed by atoms with E-state index in [1.54, 1.807) is 0 Å². The third kappa shape index (κ3) is 1.91. The first-order valence-electron chi connectivity index (χ1n) is 6.11. The Morgan fingerprint density at radius 3 is 2.82 bits per heavy atom. The first-order chi connectivity index (χ1) is 8.36. The maximum Gasteiger partial charge on any atom is 0.148 e. The number of aromatic nitrogens is 1. The van der Waals surface area contributed by atoms with Gasteiger partial charge < -0.3 is 4.74 Å². The molecular formula is C15H15NO. The van der Waals surface area contributed by atoms with Crippen LogP contribution in [-0.2, 0) is 19.3 Å². The number of pyridine rings is 1. The molecule has 1 aromatic heterocycles. The molecule has 0 spiro atoms. The minimum atomic E-state index is 0.909. The average molecular weight is 225 g/mol. The number of fused-ring (bicyclic) bond motifs is 2. The summed E-state index contributed by atoms with van der Waals surface area (Å²) >= 11 is 0. The van der Waals surface area contributed by atoms with Gasteiger partial charge in [-0.15, -0.1) is 0 Å². The lowest BCUT2D eigenvalue weighted by molar-refractivity contribution is 0.476. The monoisotopic (exact) mass is 225 g/mol. The van der Waals surface area contributed by atoms with Crippen LogP contribution in [0.4, 0.5) is 0 Å². The topological polar surface area (TPSA) is 22.1 Å². The van der Waals surface area contributed by atoms with E-state index in [4.69, 9.17) is 4.74 Å². The van der Waals surface area contributed by atoms with Crippen LogP contribution in [0.3, 0.4) is 0 Å². The van der Waals surface area contributed by atoms with Crippen molar-refractivity contribution in [2.75, 3.05) is 0 Å². The summed E-state index contributed by atoms with van der Waals surface area (Å²) in [5.41, 5.74) is 3.49. The Balaban J connectivity index is 2.03. The zero-order chi connectivity index (χ0) is 11.7. The molecule has 0 amide bonds. The van der Waals surface area contributed by atoms with E-state index in [0.29, 0.717) is 0 Å². The molecule has 0 fully saturated rings. The zero-order valence-electron chi connectivity index (χ0n) is 9.94. The van der Waals surface area contributed by atoms with Crippen molar-refractivity contribution in [1.29, 1.82) is 0 Å². The summed E-state index contributed by atoms with van der Waals surface area (Å²) in [7, 11) is 0. The molecule has 2 aromatic rings. The van der Waals surface area contributed by atoms with Gasteiger partial charge in [-0.3, -0.25) is 4.98 Å². The second-order valence-corrected chi connectivity index (χ2v) is 4.31. The normalized spacial score (nSPS) is 13.2. The van der Waals surface area contributed by atoms with E-state index in [2.05, 4.69) is 24.0 Å². The van der Waals surface area contributed by atoms with E-state index in [9.17, 15) is 0 Å². The fourth-order valence-electron chi connectivity index (χ4n) is 2.18. The van der Waals surface area contributed by atoms with E-state index in [1.165, 1.54) is 5.56 Å². The second kappa shape index (κ2) is 4.21. The predicted molar refractivity (Wildman–Crippen MR) is 67.5 cm³/mol. The first-order valence-corrected chi connectivity index (χ1v) is 6.11. The standard InChI is InChI=1S/C15H15NO/c1-2-12-8-10-15-13(16-12)9-7-11-5-3-4-6-14(11)17-15/h3-6,8,10H,2,7,9H2,1H3. The van der Waals surface area contributed by atoms with Crippen molar-refractivity contribution >= 4 is 0 Å². The molecule has 0 saturated carbocycles. The highest BCUT2D eigenvalue weighted by atomic mass is 16.5. The lowest BCUT2D eigenvalue weighted by atomic mass is 10.1. The van der Waals surface area contributed by atoms with Gasteiger partial charge in [-0.2, -0.15) is 0 Å². The third-order valence-corrected chi connectivity index (χ3v) is 3.18. The van der Waals surface area contributed by atoms with Crippen molar-refractivity contribution < 1.29 is 4.74 Å². The molecule has 0 saturated heterocycles. The maximum atomic E-state index is 5.94. The Labute approximate surface area is 101 Å². The molecule has 2 heteroatoms. The molecule has 86 valence electrons. The Hall–Kier alpha value is -1.83. The van der Waals surface area contributed by atoms with Crippen LogP contribution in [0.1, 0.15) is 23.9 Å². The van der Waals surface area contributed by atoms with Crippen molar-refractivity contribution in [2.24, 2.45) is 0 Å². The molecule has 1 aliphatic rings. The van der Waals surface area contributed by atoms with Crippen LogP contribution < -0.4 is 4.74 Å². The smallest absolute Gasteiger partial charge is 0.148 e. The molecule has 0 aliphatic carbocycles. The molecule has 0 bridgehead atoms. The second-order valence-electron chi connectivity index (χ2n) is 4.31. The predicted octanol–water partition coefficient (Wildman–Crippen LogP) is 3.53.